The molecule has 0 unspecified atom stereocenters. The van der Waals surface area contributed by atoms with Crippen molar-refractivity contribution >= 4 is 9.84 Å². The summed E-state index contributed by atoms with van der Waals surface area (Å²) >= 11 is 0. The Morgan fingerprint density at radius 2 is 1.52 bits per heavy atom. The molecule has 4 nitrogen and oxygen atoms in total. The fourth-order valence-corrected chi connectivity index (χ4v) is 3.01. The quantitative estimate of drug-likeness (QED) is 0.701. The third kappa shape index (κ3) is 3.58. The van der Waals surface area contributed by atoms with E-state index in [-0.39, 0.29) is 21.0 Å². The molecule has 0 aliphatic carbocycles. The molecule has 130 valence electrons. The van der Waals surface area contributed by atoms with E-state index in [2.05, 4.69) is 4.98 Å². The lowest BCUT2D eigenvalue weighted by Gasteiger charge is -2.10. The monoisotopic (exact) mass is 366 g/mol. The number of aromatic nitrogens is 2. The predicted molar refractivity (Wildman–Crippen MR) is 87.5 cm³/mol. The number of nitrogens with zero attached hydrogens (tertiary/aromatic N) is 2. The lowest BCUT2D eigenvalue weighted by Crippen LogP contribution is -2.16. The second-order valence-electron chi connectivity index (χ2n) is 5.45. The van der Waals surface area contributed by atoms with Crippen LogP contribution in [0.15, 0.2) is 65.7 Å². The Morgan fingerprint density at radius 1 is 0.920 bits per heavy atom. The number of imidazole rings is 1. The number of hydrogen-bond acceptors (Lipinski definition) is 3. The summed E-state index contributed by atoms with van der Waals surface area (Å²) in [4.78, 5) is 4.19. The van der Waals surface area contributed by atoms with Gasteiger partial charge in [0.25, 0.3) is 0 Å². The predicted octanol–water partition coefficient (Wildman–Crippen LogP) is 4.10. The van der Waals surface area contributed by atoms with Crippen molar-refractivity contribution in [3.63, 3.8) is 0 Å². The first-order chi connectivity index (χ1) is 11.7. The van der Waals surface area contributed by atoms with Gasteiger partial charge in [-0.25, -0.2) is 18.0 Å². The van der Waals surface area contributed by atoms with Crippen LogP contribution in [0.4, 0.5) is 13.2 Å². The Balaban J connectivity index is 2.11. The minimum Gasteiger partial charge on any atom is -0.240 e. The van der Waals surface area contributed by atoms with E-state index in [0.29, 0.717) is 11.1 Å². The fraction of sp³-hybridized carbons (Fsp3) is 0.118. The summed E-state index contributed by atoms with van der Waals surface area (Å²) in [5.74, 6) is -0.227. The van der Waals surface area contributed by atoms with E-state index >= 15 is 0 Å². The molecule has 1 heterocycles. The lowest BCUT2D eigenvalue weighted by molar-refractivity contribution is -0.202. The van der Waals surface area contributed by atoms with Crippen LogP contribution in [0.1, 0.15) is 0 Å². The van der Waals surface area contributed by atoms with Gasteiger partial charge in [-0.15, -0.1) is 13.2 Å². The molecule has 0 radical (unpaired) electrons. The first kappa shape index (κ1) is 17.2. The summed E-state index contributed by atoms with van der Waals surface area (Å²) in [6, 6.07) is 13.6. The van der Waals surface area contributed by atoms with E-state index in [4.69, 9.17) is 0 Å². The molecule has 0 saturated carbocycles. The van der Waals surface area contributed by atoms with Crippen molar-refractivity contribution in [2.45, 2.75) is 11.2 Å². The molecule has 3 aromatic rings. The van der Waals surface area contributed by atoms with Crippen LogP contribution >= 0.6 is 0 Å². The molecule has 3 rings (SSSR count). The zero-order valence-electron chi connectivity index (χ0n) is 13.0. The Hall–Kier alpha value is -2.61. The summed E-state index contributed by atoms with van der Waals surface area (Å²) in [7, 11) is -3.38. The van der Waals surface area contributed by atoms with Crippen molar-refractivity contribution in [1.82, 2.24) is 9.55 Å². The Bertz CT molecular complexity index is 993. The van der Waals surface area contributed by atoms with Crippen molar-refractivity contribution in [3.8, 4) is 22.6 Å². The SMILES string of the molecule is CS(=O)(=O)c1ccc(-c2cn(C(F)(F)F)c(-c3ccccc3)n2)cc1. The standard InChI is InChI=1S/C17H13F3N2O2S/c1-25(23,24)14-9-7-12(8-10-14)15-11-22(17(18,19)20)16(21-15)13-5-3-2-4-6-13/h2-11H,1H3. The van der Waals surface area contributed by atoms with E-state index in [0.717, 1.165) is 12.5 Å². The molecule has 0 spiro atoms. The molecule has 1 aromatic heterocycles. The second kappa shape index (κ2) is 6.03. The summed E-state index contributed by atoms with van der Waals surface area (Å²) < 4.78 is 63.1. The highest BCUT2D eigenvalue weighted by Gasteiger charge is 2.34. The van der Waals surface area contributed by atoms with Gasteiger partial charge in [-0.3, -0.25) is 0 Å². The Kier molecular flexibility index (Phi) is 4.16. The molecule has 0 atom stereocenters. The van der Waals surface area contributed by atoms with E-state index in [9.17, 15) is 21.6 Å². The largest absolute Gasteiger partial charge is 0.490 e. The molecule has 0 saturated heterocycles. The highest BCUT2D eigenvalue weighted by atomic mass is 32.2. The Labute approximate surface area is 142 Å². The van der Waals surface area contributed by atoms with Gasteiger partial charge in [0.15, 0.2) is 9.84 Å². The third-order valence-corrected chi connectivity index (χ3v) is 4.72. The first-order valence-corrected chi connectivity index (χ1v) is 9.08. The molecule has 25 heavy (non-hydrogen) atoms. The lowest BCUT2D eigenvalue weighted by atomic mass is 10.2. The van der Waals surface area contributed by atoms with Gasteiger partial charge in [0.05, 0.1) is 10.6 Å². The molecule has 0 aliphatic rings. The van der Waals surface area contributed by atoms with E-state index in [1.807, 2.05) is 0 Å². The Morgan fingerprint density at radius 3 is 2.04 bits per heavy atom. The molecular formula is C17H13F3N2O2S. The van der Waals surface area contributed by atoms with E-state index < -0.39 is 16.1 Å². The zero-order chi connectivity index (χ0) is 18.2. The summed E-state index contributed by atoms with van der Waals surface area (Å²) in [5.41, 5.74) is 0.836. The first-order valence-electron chi connectivity index (χ1n) is 7.19. The maximum Gasteiger partial charge on any atom is 0.490 e. The van der Waals surface area contributed by atoms with E-state index in [1.165, 1.54) is 24.3 Å². The number of benzene rings is 2. The molecule has 8 heteroatoms. The van der Waals surface area contributed by atoms with Gasteiger partial charge >= 0.3 is 6.30 Å². The van der Waals surface area contributed by atoms with Crippen molar-refractivity contribution in [1.29, 1.82) is 0 Å². The van der Waals surface area contributed by atoms with Gasteiger partial charge in [-0.1, -0.05) is 42.5 Å². The van der Waals surface area contributed by atoms with Crippen LogP contribution in [0, 0.1) is 0 Å². The van der Waals surface area contributed by atoms with Crippen LogP contribution in [-0.2, 0) is 16.1 Å². The highest BCUT2D eigenvalue weighted by Crippen LogP contribution is 2.33. The average molecular weight is 366 g/mol. The molecular weight excluding hydrogens is 353 g/mol. The third-order valence-electron chi connectivity index (χ3n) is 3.59. The van der Waals surface area contributed by atoms with Crippen molar-refractivity contribution < 1.29 is 21.6 Å². The summed E-state index contributed by atoms with van der Waals surface area (Å²) in [6.07, 6.45) is -2.66. The van der Waals surface area contributed by atoms with Gasteiger partial charge in [0, 0.05) is 23.6 Å². The number of rotatable bonds is 3. The van der Waals surface area contributed by atoms with E-state index in [1.54, 1.807) is 30.3 Å². The number of halogens is 3. The topological polar surface area (TPSA) is 52.0 Å². The number of alkyl halides is 3. The van der Waals surface area contributed by atoms with Gasteiger partial charge in [0.2, 0.25) is 0 Å². The van der Waals surface area contributed by atoms with Crippen LogP contribution in [0.3, 0.4) is 0 Å². The van der Waals surface area contributed by atoms with Crippen LogP contribution in [0.5, 0.6) is 0 Å². The van der Waals surface area contributed by atoms with Crippen molar-refractivity contribution in [2.24, 2.45) is 0 Å². The van der Waals surface area contributed by atoms with Gasteiger partial charge in [0.1, 0.15) is 5.82 Å². The maximum atomic E-state index is 13.3. The normalized spacial score (nSPS) is 12.3. The minimum atomic E-state index is -4.62. The molecule has 0 amide bonds. The molecule has 0 N–H and O–H groups in total. The average Bonchev–Trinajstić information content (AvgIpc) is 3.01. The number of sulfone groups is 1. The van der Waals surface area contributed by atoms with Gasteiger partial charge in [-0.2, -0.15) is 0 Å². The highest BCUT2D eigenvalue weighted by molar-refractivity contribution is 7.90. The fourth-order valence-electron chi connectivity index (χ4n) is 2.38. The van der Waals surface area contributed by atoms with Crippen molar-refractivity contribution in [3.05, 3.63) is 60.8 Å². The molecule has 2 aromatic carbocycles. The van der Waals surface area contributed by atoms with Gasteiger partial charge in [-0.05, 0) is 12.1 Å². The van der Waals surface area contributed by atoms with Crippen LogP contribution in [0.25, 0.3) is 22.6 Å². The van der Waals surface area contributed by atoms with Crippen LogP contribution < -0.4 is 0 Å². The maximum absolute atomic E-state index is 13.3. The van der Waals surface area contributed by atoms with Crippen molar-refractivity contribution in [2.75, 3.05) is 6.26 Å². The summed E-state index contributed by atoms with van der Waals surface area (Å²) in [6.45, 7) is 0. The molecule has 0 aliphatic heterocycles. The molecule has 0 fully saturated rings. The van der Waals surface area contributed by atoms with Crippen LogP contribution in [0.2, 0.25) is 0 Å². The number of hydrogen-bond donors (Lipinski definition) is 0. The molecule has 0 bridgehead atoms. The smallest absolute Gasteiger partial charge is 0.240 e. The zero-order valence-corrected chi connectivity index (χ0v) is 13.8. The second-order valence-corrected chi connectivity index (χ2v) is 7.47. The summed E-state index contributed by atoms with van der Waals surface area (Å²) in [5, 5.41) is 0. The minimum absolute atomic E-state index is 0.0924. The van der Waals surface area contributed by atoms with Gasteiger partial charge < -0.3 is 0 Å². The van der Waals surface area contributed by atoms with Crippen LogP contribution in [-0.4, -0.2) is 24.2 Å².